The molecular formula is C12H16N2O. The highest BCUT2D eigenvalue weighted by atomic mass is 16.2. The molecule has 2 rings (SSSR count). The second-order valence-electron chi connectivity index (χ2n) is 4.26. The predicted molar refractivity (Wildman–Crippen MR) is 60.6 cm³/mol. The third kappa shape index (κ3) is 1.82. The zero-order valence-electron chi connectivity index (χ0n) is 9.37. The van der Waals surface area contributed by atoms with Crippen LogP contribution in [0.15, 0.2) is 18.2 Å². The molecule has 1 N–H and O–H groups in total. The van der Waals surface area contributed by atoms with E-state index in [1.807, 2.05) is 18.0 Å². The largest absolute Gasteiger partial charge is 0.285 e. The van der Waals surface area contributed by atoms with E-state index in [0.29, 0.717) is 0 Å². The van der Waals surface area contributed by atoms with Crippen molar-refractivity contribution < 1.29 is 4.79 Å². The lowest BCUT2D eigenvalue weighted by atomic mass is 10.1. The van der Waals surface area contributed by atoms with Gasteiger partial charge in [-0.05, 0) is 37.1 Å². The Balaban J connectivity index is 2.24. The number of aryl methyl sites for hydroxylation is 2. The molecule has 0 aromatic heterocycles. The third-order valence-corrected chi connectivity index (χ3v) is 2.95. The Hall–Kier alpha value is -1.51. The Bertz CT molecular complexity index is 401. The van der Waals surface area contributed by atoms with Gasteiger partial charge < -0.3 is 0 Å². The van der Waals surface area contributed by atoms with Crippen molar-refractivity contribution in [3.8, 4) is 0 Å². The zero-order chi connectivity index (χ0) is 11.0. The van der Waals surface area contributed by atoms with Gasteiger partial charge >= 0.3 is 0 Å². The summed E-state index contributed by atoms with van der Waals surface area (Å²) in [6, 6.07) is 6.23. The van der Waals surface area contributed by atoms with Crippen LogP contribution in [0.4, 0.5) is 5.69 Å². The highest BCUT2D eigenvalue weighted by Gasteiger charge is 2.26. The van der Waals surface area contributed by atoms with Crippen molar-refractivity contribution in [3.05, 3.63) is 29.3 Å². The zero-order valence-corrected chi connectivity index (χ0v) is 9.37. The quantitative estimate of drug-likeness (QED) is 0.756. The number of hydrazine groups is 1. The number of carbonyl (C=O) groups is 1. The van der Waals surface area contributed by atoms with Crippen LogP contribution in [-0.4, -0.2) is 12.5 Å². The number of hydrogen-bond acceptors (Lipinski definition) is 2. The molecule has 3 heteroatoms. The van der Waals surface area contributed by atoms with Gasteiger partial charge in [0.2, 0.25) is 5.91 Å². The third-order valence-electron chi connectivity index (χ3n) is 2.95. The lowest BCUT2D eigenvalue weighted by Gasteiger charge is -2.18. The molecule has 1 fully saturated rings. The number of amides is 1. The van der Waals surface area contributed by atoms with Crippen LogP contribution in [0.5, 0.6) is 0 Å². The second-order valence-corrected chi connectivity index (χ2v) is 4.26. The van der Waals surface area contributed by atoms with E-state index < -0.39 is 0 Å². The number of nitrogens with one attached hydrogen (secondary N) is 1. The Morgan fingerprint density at radius 3 is 2.60 bits per heavy atom. The summed E-state index contributed by atoms with van der Waals surface area (Å²) in [5.74, 6) is 0.180. The minimum atomic E-state index is 0.0756. The van der Waals surface area contributed by atoms with Crippen molar-refractivity contribution in [2.45, 2.75) is 20.8 Å². The van der Waals surface area contributed by atoms with Gasteiger partial charge in [0, 0.05) is 0 Å². The van der Waals surface area contributed by atoms with E-state index in [4.69, 9.17) is 0 Å². The average molecular weight is 204 g/mol. The van der Waals surface area contributed by atoms with Gasteiger partial charge in [-0.1, -0.05) is 13.0 Å². The number of hydrogen-bond donors (Lipinski definition) is 1. The lowest BCUT2D eigenvalue weighted by Crippen LogP contribution is -2.32. The first-order chi connectivity index (χ1) is 7.08. The van der Waals surface area contributed by atoms with E-state index in [9.17, 15) is 4.79 Å². The maximum Gasteiger partial charge on any atom is 0.243 e. The molecule has 1 heterocycles. The first-order valence-electron chi connectivity index (χ1n) is 5.23. The predicted octanol–water partition coefficient (Wildman–Crippen LogP) is 1.79. The SMILES string of the molecule is Cc1ccc(N2CC(C)C(=O)N2)cc1C. The Labute approximate surface area is 90.1 Å². The molecule has 1 unspecified atom stereocenters. The molecule has 1 amide bonds. The Morgan fingerprint density at radius 2 is 2.07 bits per heavy atom. The van der Waals surface area contributed by atoms with Crippen LogP contribution in [-0.2, 0) is 4.79 Å². The molecule has 1 aliphatic heterocycles. The van der Waals surface area contributed by atoms with E-state index in [-0.39, 0.29) is 11.8 Å². The van der Waals surface area contributed by atoms with Crippen LogP contribution in [0.3, 0.4) is 0 Å². The number of rotatable bonds is 1. The number of anilines is 1. The summed E-state index contributed by atoms with van der Waals surface area (Å²) < 4.78 is 0. The number of carbonyl (C=O) groups excluding carboxylic acids is 1. The van der Waals surface area contributed by atoms with Crippen LogP contribution in [0.2, 0.25) is 0 Å². The molecule has 1 aromatic carbocycles. The molecule has 15 heavy (non-hydrogen) atoms. The smallest absolute Gasteiger partial charge is 0.243 e. The van der Waals surface area contributed by atoms with Gasteiger partial charge in [-0.2, -0.15) is 0 Å². The molecular weight excluding hydrogens is 188 g/mol. The summed E-state index contributed by atoms with van der Waals surface area (Å²) in [7, 11) is 0. The molecule has 1 atom stereocenters. The standard InChI is InChI=1S/C12H16N2O/c1-8-4-5-11(6-9(8)2)14-7-10(3)12(15)13-14/h4-6,10H,7H2,1-3H3,(H,13,15). The van der Waals surface area contributed by atoms with Gasteiger partial charge in [0.05, 0.1) is 18.2 Å². The summed E-state index contributed by atoms with van der Waals surface area (Å²) in [6.07, 6.45) is 0. The van der Waals surface area contributed by atoms with Gasteiger partial charge in [-0.15, -0.1) is 0 Å². The minimum Gasteiger partial charge on any atom is -0.285 e. The van der Waals surface area contributed by atoms with Crippen molar-refractivity contribution in [1.29, 1.82) is 0 Å². The lowest BCUT2D eigenvalue weighted by molar-refractivity contribution is -0.121. The fourth-order valence-electron chi connectivity index (χ4n) is 1.71. The molecule has 0 bridgehead atoms. The van der Waals surface area contributed by atoms with Gasteiger partial charge in [0.25, 0.3) is 0 Å². The topological polar surface area (TPSA) is 32.3 Å². The maximum atomic E-state index is 11.4. The summed E-state index contributed by atoms with van der Waals surface area (Å²) in [5.41, 5.74) is 6.45. The van der Waals surface area contributed by atoms with Gasteiger partial charge in [0.15, 0.2) is 0 Å². The van der Waals surface area contributed by atoms with Crippen LogP contribution >= 0.6 is 0 Å². The fourth-order valence-corrected chi connectivity index (χ4v) is 1.71. The van der Waals surface area contributed by atoms with Crippen LogP contribution in [0.1, 0.15) is 18.1 Å². The van der Waals surface area contributed by atoms with Crippen LogP contribution in [0.25, 0.3) is 0 Å². The Morgan fingerprint density at radius 1 is 1.33 bits per heavy atom. The van der Waals surface area contributed by atoms with Gasteiger partial charge in [0.1, 0.15) is 0 Å². The van der Waals surface area contributed by atoms with Crippen molar-refractivity contribution in [2.75, 3.05) is 11.6 Å². The highest BCUT2D eigenvalue weighted by molar-refractivity contribution is 5.83. The van der Waals surface area contributed by atoms with Crippen molar-refractivity contribution in [1.82, 2.24) is 5.43 Å². The van der Waals surface area contributed by atoms with E-state index in [0.717, 1.165) is 12.2 Å². The minimum absolute atomic E-state index is 0.0756. The molecule has 3 nitrogen and oxygen atoms in total. The maximum absolute atomic E-state index is 11.4. The molecule has 0 radical (unpaired) electrons. The first kappa shape index (κ1) is 10.0. The molecule has 0 spiro atoms. The average Bonchev–Trinajstić information content (AvgIpc) is 2.52. The summed E-state index contributed by atoms with van der Waals surface area (Å²) in [6.45, 7) is 6.86. The number of nitrogens with zero attached hydrogens (tertiary/aromatic N) is 1. The molecule has 0 saturated carbocycles. The monoisotopic (exact) mass is 204 g/mol. The van der Waals surface area contributed by atoms with Crippen molar-refractivity contribution >= 4 is 11.6 Å². The highest BCUT2D eigenvalue weighted by Crippen LogP contribution is 2.21. The van der Waals surface area contributed by atoms with Crippen LogP contribution < -0.4 is 10.4 Å². The molecule has 1 aromatic rings. The molecule has 0 aliphatic carbocycles. The van der Waals surface area contributed by atoms with E-state index in [2.05, 4.69) is 31.4 Å². The second kappa shape index (κ2) is 3.57. The molecule has 1 aliphatic rings. The van der Waals surface area contributed by atoms with Gasteiger partial charge in [-0.3, -0.25) is 15.2 Å². The summed E-state index contributed by atoms with van der Waals surface area (Å²) in [4.78, 5) is 11.4. The molecule has 80 valence electrons. The van der Waals surface area contributed by atoms with Gasteiger partial charge in [-0.25, -0.2) is 0 Å². The van der Waals surface area contributed by atoms with E-state index in [1.54, 1.807) is 0 Å². The van der Waals surface area contributed by atoms with E-state index in [1.165, 1.54) is 11.1 Å². The van der Waals surface area contributed by atoms with Crippen LogP contribution in [0, 0.1) is 19.8 Å². The fraction of sp³-hybridized carbons (Fsp3) is 0.417. The number of benzene rings is 1. The Kier molecular flexibility index (Phi) is 2.39. The summed E-state index contributed by atoms with van der Waals surface area (Å²) >= 11 is 0. The molecule has 1 saturated heterocycles. The normalized spacial score (nSPS) is 20.6. The first-order valence-corrected chi connectivity index (χ1v) is 5.23. The van der Waals surface area contributed by atoms with Crippen molar-refractivity contribution in [2.24, 2.45) is 5.92 Å². The van der Waals surface area contributed by atoms with Crippen molar-refractivity contribution in [3.63, 3.8) is 0 Å². The summed E-state index contributed by atoms with van der Waals surface area (Å²) in [5, 5.41) is 1.92. The van der Waals surface area contributed by atoms with E-state index >= 15 is 0 Å².